The van der Waals surface area contributed by atoms with Gasteiger partial charge in [-0.1, -0.05) is 42.5 Å². The number of carbonyl (C=O) groups is 1. The number of aliphatic hydroxyl groups excluding tert-OH is 1. The van der Waals surface area contributed by atoms with Crippen LogP contribution >= 0.6 is 0 Å². The van der Waals surface area contributed by atoms with Gasteiger partial charge in [-0.2, -0.15) is 0 Å². The number of rotatable bonds is 4. The van der Waals surface area contributed by atoms with Crippen LogP contribution in [0.25, 0.3) is 10.8 Å². The zero-order valence-corrected chi connectivity index (χ0v) is 12.8. The number of β-amino-alcohol motifs (C(OH)–C–C–N with tert-alkyl or cyclic N) is 1. The molecule has 1 amide bonds. The molecule has 1 saturated heterocycles. The first-order chi connectivity index (χ1) is 10.6. The van der Waals surface area contributed by atoms with E-state index in [9.17, 15) is 9.90 Å². The number of benzene rings is 2. The summed E-state index contributed by atoms with van der Waals surface area (Å²) >= 11 is 0. The number of hydrogen-bond acceptors (Lipinski definition) is 3. The fraction of sp³-hybridized carbons (Fsp3) is 0.389. The quantitative estimate of drug-likeness (QED) is 0.908. The lowest BCUT2D eigenvalue weighted by Gasteiger charge is -2.19. The molecule has 4 nitrogen and oxygen atoms in total. The van der Waals surface area contributed by atoms with E-state index in [2.05, 4.69) is 29.6 Å². The average Bonchev–Trinajstić information content (AvgIpc) is 2.91. The minimum atomic E-state index is -0.289. The van der Waals surface area contributed by atoms with Crippen LogP contribution in [0.1, 0.15) is 24.9 Å². The topological polar surface area (TPSA) is 52.6 Å². The Hall–Kier alpha value is -1.91. The van der Waals surface area contributed by atoms with Crippen LogP contribution in [-0.4, -0.2) is 41.7 Å². The lowest BCUT2D eigenvalue weighted by atomic mass is 10.00. The van der Waals surface area contributed by atoms with Crippen molar-refractivity contribution in [1.82, 2.24) is 10.2 Å². The zero-order valence-electron chi connectivity index (χ0n) is 12.8. The van der Waals surface area contributed by atoms with Gasteiger partial charge < -0.3 is 10.4 Å². The van der Waals surface area contributed by atoms with Crippen molar-refractivity contribution in [2.45, 2.75) is 25.5 Å². The maximum atomic E-state index is 12.2. The van der Waals surface area contributed by atoms with Gasteiger partial charge in [-0.05, 0) is 29.7 Å². The standard InChI is InChI=1S/C18H22N2O2/c1-13(19-18(22)12-20-10-9-15(21)11-20)16-8-4-6-14-5-2-3-7-17(14)16/h2-8,13,15,21H,9-12H2,1H3,(H,19,22)/t13?,15-/m0/s1. The first kappa shape index (κ1) is 15.0. The Balaban J connectivity index is 1.68. The van der Waals surface area contributed by atoms with Gasteiger partial charge in [0.1, 0.15) is 0 Å². The number of aliphatic hydroxyl groups is 1. The third-order valence-electron chi connectivity index (χ3n) is 4.28. The van der Waals surface area contributed by atoms with Gasteiger partial charge in [-0.15, -0.1) is 0 Å². The van der Waals surface area contributed by atoms with Gasteiger partial charge in [0.25, 0.3) is 0 Å². The minimum absolute atomic E-state index is 0.00883. The normalized spacial score (nSPS) is 20.2. The average molecular weight is 298 g/mol. The van der Waals surface area contributed by atoms with Crippen LogP contribution in [0.15, 0.2) is 42.5 Å². The van der Waals surface area contributed by atoms with Crippen molar-refractivity contribution >= 4 is 16.7 Å². The summed E-state index contributed by atoms with van der Waals surface area (Å²) in [4.78, 5) is 14.2. The molecule has 0 saturated carbocycles. The lowest BCUT2D eigenvalue weighted by Crippen LogP contribution is -2.37. The van der Waals surface area contributed by atoms with E-state index in [1.165, 1.54) is 10.8 Å². The van der Waals surface area contributed by atoms with Gasteiger partial charge >= 0.3 is 0 Å². The fourth-order valence-electron chi connectivity index (χ4n) is 3.15. The Morgan fingerprint density at radius 2 is 2.09 bits per heavy atom. The summed E-state index contributed by atoms with van der Waals surface area (Å²) in [7, 11) is 0. The molecule has 3 rings (SSSR count). The van der Waals surface area contributed by atoms with E-state index in [0.717, 1.165) is 18.5 Å². The van der Waals surface area contributed by atoms with Crippen LogP contribution < -0.4 is 5.32 Å². The minimum Gasteiger partial charge on any atom is -0.392 e. The first-order valence-electron chi connectivity index (χ1n) is 7.81. The molecule has 22 heavy (non-hydrogen) atoms. The molecule has 0 bridgehead atoms. The van der Waals surface area contributed by atoms with Gasteiger partial charge in [0.05, 0.1) is 18.7 Å². The molecule has 1 aliphatic rings. The molecule has 2 N–H and O–H groups in total. The van der Waals surface area contributed by atoms with Gasteiger partial charge in [0, 0.05) is 13.1 Å². The monoisotopic (exact) mass is 298 g/mol. The van der Waals surface area contributed by atoms with Crippen LogP contribution in [0, 0.1) is 0 Å². The number of amides is 1. The molecular weight excluding hydrogens is 276 g/mol. The van der Waals surface area contributed by atoms with Gasteiger partial charge in [-0.3, -0.25) is 9.69 Å². The predicted octanol–water partition coefficient (Wildman–Crippen LogP) is 2.08. The second-order valence-electron chi connectivity index (χ2n) is 6.04. The van der Waals surface area contributed by atoms with Crippen molar-refractivity contribution in [3.05, 3.63) is 48.0 Å². The third kappa shape index (κ3) is 3.29. The Morgan fingerprint density at radius 3 is 2.86 bits per heavy atom. The molecule has 1 aliphatic heterocycles. The molecule has 116 valence electrons. The molecular formula is C18H22N2O2. The van der Waals surface area contributed by atoms with E-state index < -0.39 is 0 Å². The van der Waals surface area contributed by atoms with Gasteiger partial charge in [0.15, 0.2) is 0 Å². The first-order valence-corrected chi connectivity index (χ1v) is 7.81. The number of nitrogens with one attached hydrogen (secondary N) is 1. The molecule has 0 radical (unpaired) electrons. The van der Waals surface area contributed by atoms with E-state index in [1.807, 2.05) is 30.0 Å². The van der Waals surface area contributed by atoms with Crippen LogP contribution in [0.3, 0.4) is 0 Å². The smallest absolute Gasteiger partial charge is 0.234 e. The van der Waals surface area contributed by atoms with Crippen LogP contribution in [-0.2, 0) is 4.79 Å². The molecule has 1 unspecified atom stereocenters. The van der Waals surface area contributed by atoms with E-state index in [0.29, 0.717) is 13.1 Å². The summed E-state index contributed by atoms with van der Waals surface area (Å²) in [5, 5.41) is 14.9. The number of fused-ring (bicyclic) bond motifs is 1. The van der Waals surface area contributed by atoms with Crippen LogP contribution in [0.4, 0.5) is 0 Å². The molecule has 0 spiro atoms. The molecule has 2 atom stereocenters. The highest BCUT2D eigenvalue weighted by molar-refractivity contribution is 5.87. The summed E-state index contributed by atoms with van der Waals surface area (Å²) in [6.07, 6.45) is 0.467. The lowest BCUT2D eigenvalue weighted by molar-refractivity contribution is -0.122. The third-order valence-corrected chi connectivity index (χ3v) is 4.28. The van der Waals surface area contributed by atoms with E-state index in [4.69, 9.17) is 0 Å². The molecule has 2 aromatic rings. The Labute approximate surface area is 130 Å². The summed E-state index contributed by atoms with van der Waals surface area (Å²) in [5.74, 6) is 0.00883. The highest BCUT2D eigenvalue weighted by Gasteiger charge is 2.22. The van der Waals surface area contributed by atoms with Crippen molar-refractivity contribution in [2.24, 2.45) is 0 Å². The largest absolute Gasteiger partial charge is 0.392 e. The molecule has 1 fully saturated rings. The number of likely N-dealkylation sites (tertiary alicyclic amines) is 1. The molecule has 0 aliphatic carbocycles. The van der Waals surface area contributed by atoms with Crippen molar-refractivity contribution < 1.29 is 9.90 Å². The predicted molar refractivity (Wildman–Crippen MR) is 87.6 cm³/mol. The zero-order chi connectivity index (χ0) is 15.5. The second-order valence-corrected chi connectivity index (χ2v) is 6.04. The van der Waals surface area contributed by atoms with Gasteiger partial charge in [0.2, 0.25) is 5.91 Å². The Bertz CT molecular complexity index is 666. The molecule has 4 heteroatoms. The SMILES string of the molecule is CC(NC(=O)CN1CC[C@H](O)C1)c1cccc2ccccc12. The van der Waals surface area contributed by atoms with Crippen molar-refractivity contribution in [3.8, 4) is 0 Å². The second kappa shape index (κ2) is 6.46. The van der Waals surface area contributed by atoms with Crippen molar-refractivity contribution in [3.63, 3.8) is 0 Å². The molecule has 0 aromatic heterocycles. The summed E-state index contributed by atoms with van der Waals surface area (Å²) in [6.45, 7) is 3.75. The van der Waals surface area contributed by atoms with Crippen LogP contribution in [0.5, 0.6) is 0 Å². The maximum absolute atomic E-state index is 12.2. The van der Waals surface area contributed by atoms with E-state index in [1.54, 1.807) is 0 Å². The highest BCUT2D eigenvalue weighted by Crippen LogP contribution is 2.24. The number of nitrogens with zero attached hydrogens (tertiary/aromatic N) is 1. The van der Waals surface area contributed by atoms with E-state index >= 15 is 0 Å². The Morgan fingerprint density at radius 1 is 1.32 bits per heavy atom. The molecule has 1 heterocycles. The van der Waals surface area contributed by atoms with Gasteiger partial charge in [-0.25, -0.2) is 0 Å². The summed E-state index contributed by atoms with van der Waals surface area (Å²) in [5.41, 5.74) is 1.13. The number of hydrogen-bond donors (Lipinski definition) is 2. The summed E-state index contributed by atoms with van der Waals surface area (Å²) < 4.78 is 0. The van der Waals surface area contributed by atoms with Crippen LogP contribution in [0.2, 0.25) is 0 Å². The van der Waals surface area contributed by atoms with Crippen molar-refractivity contribution in [2.75, 3.05) is 19.6 Å². The Kier molecular flexibility index (Phi) is 4.41. The van der Waals surface area contributed by atoms with E-state index in [-0.39, 0.29) is 18.1 Å². The summed E-state index contributed by atoms with van der Waals surface area (Å²) in [6, 6.07) is 14.3. The van der Waals surface area contributed by atoms with Crippen molar-refractivity contribution in [1.29, 1.82) is 0 Å². The maximum Gasteiger partial charge on any atom is 0.234 e. The molecule has 2 aromatic carbocycles. The highest BCUT2D eigenvalue weighted by atomic mass is 16.3. The number of carbonyl (C=O) groups excluding carboxylic acids is 1. The fourth-order valence-corrected chi connectivity index (χ4v) is 3.15.